The van der Waals surface area contributed by atoms with Crippen LogP contribution >= 0.6 is 11.3 Å². The Morgan fingerprint density at radius 2 is 2.08 bits per heavy atom. The van der Waals surface area contributed by atoms with Gasteiger partial charge in [-0.2, -0.15) is 14.0 Å². The summed E-state index contributed by atoms with van der Waals surface area (Å²) in [7, 11) is -3.44. The van der Waals surface area contributed by atoms with Gasteiger partial charge < -0.3 is 41.1 Å². The van der Waals surface area contributed by atoms with Gasteiger partial charge in [0.25, 0.3) is 17.4 Å². The largest absolute Gasteiger partial charge is 0.724 e. The molecule has 0 bridgehead atoms. The molecule has 21 heteroatoms. The minimum Gasteiger partial charge on any atom is -0.724 e. The number of anilines is 1. The van der Waals surface area contributed by atoms with Gasteiger partial charge in [-0.05, 0) is 56.9 Å². The van der Waals surface area contributed by atoms with Gasteiger partial charge in [0.2, 0.25) is 16.6 Å². The Labute approximate surface area is 289 Å². The van der Waals surface area contributed by atoms with Crippen LogP contribution in [-0.4, -0.2) is 97.3 Å². The van der Waals surface area contributed by atoms with Gasteiger partial charge in [-0.25, -0.2) is 18.2 Å². The number of rotatable bonds is 13. The number of fused-ring (bicyclic) bond motifs is 1. The van der Waals surface area contributed by atoms with Crippen LogP contribution in [0.15, 0.2) is 41.1 Å². The maximum absolute atomic E-state index is 13.5. The van der Waals surface area contributed by atoms with Gasteiger partial charge in [0, 0.05) is 11.9 Å². The lowest BCUT2D eigenvalue weighted by Gasteiger charge is -2.51. The number of thiazole rings is 1. The van der Waals surface area contributed by atoms with Crippen LogP contribution in [0.2, 0.25) is 0 Å². The first kappa shape index (κ1) is 36.6. The number of nitrogens with one attached hydrogen (secondary N) is 1. The van der Waals surface area contributed by atoms with E-state index in [2.05, 4.69) is 19.7 Å². The third-order valence-electron chi connectivity index (χ3n) is 8.49. The van der Waals surface area contributed by atoms with E-state index in [0.29, 0.717) is 23.8 Å². The smallest absolute Gasteiger partial charge is 0.354 e. The Bertz CT molecular complexity index is 1960. The Kier molecular flexibility index (Phi) is 9.93. The summed E-state index contributed by atoms with van der Waals surface area (Å²) in [4.78, 5) is 48.3. The van der Waals surface area contributed by atoms with Crippen molar-refractivity contribution in [1.82, 2.24) is 20.0 Å². The summed E-state index contributed by atoms with van der Waals surface area (Å²) in [5.41, 5.74) is 9.64. The van der Waals surface area contributed by atoms with Gasteiger partial charge in [-0.3, -0.25) is 9.59 Å². The number of nitrogen functional groups attached to an aromatic ring is 1. The van der Waals surface area contributed by atoms with Crippen LogP contribution in [0.1, 0.15) is 38.4 Å². The molecular formula is C29H36N8O11S2. The highest BCUT2D eigenvalue weighted by Gasteiger charge is 2.57. The number of aliphatic hydroxyl groups excluding tert-OH is 1. The van der Waals surface area contributed by atoms with Crippen molar-refractivity contribution in [2.24, 2.45) is 17.9 Å². The van der Waals surface area contributed by atoms with E-state index in [1.165, 1.54) is 26.2 Å². The lowest BCUT2D eigenvalue weighted by molar-refractivity contribution is -0.754. The van der Waals surface area contributed by atoms with E-state index in [9.17, 15) is 37.6 Å². The molecule has 0 radical (unpaired) electrons. The van der Waals surface area contributed by atoms with E-state index in [0.717, 1.165) is 28.0 Å². The van der Waals surface area contributed by atoms with Gasteiger partial charge in [0.1, 0.15) is 24.0 Å². The number of ether oxygens (including phenoxy) is 1. The monoisotopic (exact) mass is 736 g/mol. The van der Waals surface area contributed by atoms with Crippen LogP contribution < -0.4 is 26.2 Å². The van der Waals surface area contributed by atoms with E-state index in [4.69, 9.17) is 21.0 Å². The second kappa shape index (κ2) is 13.6. The van der Waals surface area contributed by atoms with Crippen molar-refractivity contribution in [3.8, 4) is 16.9 Å². The minimum absolute atomic E-state index is 0.0480. The number of amides is 2. The van der Waals surface area contributed by atoms with Gasteiger partial charge >= 0.3 is 5.97 Å². The van der Waals surface area contributed by atoms with Crippen molar-refractivity contribution >= 4 is 50.4 Å². The summed E-state index contributed by atoms with van der Waals surface area (Å²) in [6.45, 7) is 4.36. The molecule has 1 saturated heterocycles. The van der Waals surface area contributed by atoms with Crippen LogP contribution in [-0.2, 0) is 53.9 Å². The van der Waals surface area contributed by atoms with Gasteiger partial charge in [0.15, 0.2) is 24.0 Å². The fourth-order valence-electron chi connectivity index (χ4n) is 5.53. The molecule has 4 atom stereocenters. The summed E-state index contributed by atoms with van der Waals surface area (Å²) in [6, 6.07) is 4.09. The van der Waals surface area contributed by atoms with Gasteiger partial charge in [-0.1, -0.05) is 11.2 Å². The highest BCUT2D eigenvalue weighted by molar-refractivity contribution is 7.80. The molecule has 0 spiro atoms. The number of carboxylic acids is 1. The summed E-state index contributed by atoms with van der Waals surface area (Å²) >= 11 is 0.955. The Morgan fingerprint density at radius 3 is 2.68 bits per heavy atom. The number of aliphatic hydroxyl groups is 1. The average Bonchev–Trinajstić information content (AvgIpc) is 3.65. The van der Waals surface area contributed by atoms with Crippen LogP contribution in [0, 0.1) is 0 Å². The molecule has 50 heavy (non-hydrogen) atoms. The number of nitrogens with two attached hydrogens (primary N) is 2. The summed E-state index contributed by atoms with van der Waals surface area (Å²) in [5.74, 6) is -3.10. The number of nitrogens with zero attached hydrogens (tertiary/aromatic N) is 5. The Balaban J connectivity index is 1.36. The molecular weight excluding hydrogens is 700 g/mol. The fraction of sp³-hybridized carbons (Fsp3) is 0.448. The van der Waals surface area contributed by atoms with Gasteiger partial charge in [0.05, 0.1) is 23.4 Å². The Hall–Kier alpha value is -4.67. The fourth-order valence-corrected chi connectivity index (χ4v) is 6.53. The molecule has 0 aliphatic carbocycles. The molecule has 1 aromatic carbocycles. The van der Waals surface area contributed by atoms with E-state index in [1.807, 2.05) is 40.9 Å². The first-order valence-corrected chi connectivity index (χ1v) is 17.3. The molecule has 0 saturated carbocycles. The van der Waals surface area contributed by atoms with Crippen molar-refractivity contribution in [2.45, 2.75) is 69.5 Å². The molecule has 1 fully saturated rings. The van der Waals surface area contributed by atoms with Crippen molar-refractivity contribution in [2.75, 3.05) is 12.3 Å². The van der Waals surface area contributed by atoms with E-state index in [-0.39, 0.29) is 23.8 Å². The predicted molar refractivity (Wildman–Crippen MR) is 173 cm³/mol. The van der Waals surface area contributed by atoms with Crippen molar-refractivity contribution < 1.29 is 56.1 Å². The van der Waals surface area contributed by atoms with E-state index in [1.54, 1.807) is 6.07 Å². The number of β-lactam (4-membered cyclic amide) rings is 1. The molecule has 19 nitrogen and oxygen atoms in total. The van der Waals surface area contributed by atoms with E-state index < -0.39 is 63.3 Å². The van der Waals surface area contributed by atoms with Crippen molar-refractivity contribution in [3.05, 3.63) is 47.2 Å². The zero-order chi connectivity index (χ0) is 36.8. The van der Waals surface area contributed by atoms with Crippen molar-refractivity contribution in [3.63, 3.8) is 0 Å². The summed E-state index contributed by atoms with van der Waals surface area (Å²) in [5, 5.41) is 28.3. The number of hydroxylamine groups is 2. The second-order valence-corrected chi connectivity index (χ2v) is 14.3. The van der Waals surface area contributed by atoms with Crippen molar-refractivity contribution in [1.29, 1.82) is 0 Å². The molecule has 2 aliphatic rings. The lowest BCUT2D eigenvalue weighted by Crippen LogP contribution is -2.76. The number of hydrogen-bond acceptors (Lipinski definition) is 15. The maximum Gasteiger partial charge on any atom is 0.354 e. The summed E-state index contributed by atoms with van der Waals surface area (Å²) < 4.78 is 47.2. The molecule has 4 heterocycles. The third-order valence-corrected chi connectivity index (χ3v) is 9.50. The first-order chi connectivity index (χ1) is 23.3. The molecule has 2 aromatic heterocycles. The number of carbonyl (C=O) groups excluding carboxylic acids is 2. The number of hydrogen-bond donors (Lipinski definition) is 5. The number of carboxylic acid groups (broad SMARTS) is 1. The SMILES string of the molecule is C[n+]1cc(-c2ccc3c(c2)CCC(C(C)(O/N=C(\C(=O)NC2C(=O)N(OS(=O)(=O)[O-])C2(C)C)c2csc(N)n2)C(=O)O)O3)cn1CC(O)CN. The zero-order valence-electron chi connectivity index (χ0n) is 27.3. The molecule has 4 unspecified atom stereocenters. The molecule has 3 aromatic rings. The predicted octanol–water partition coefficient (Wildman–Crippen LogP) is -1.21. The molecule has 7 N–H and O–H groups in total. The third kappa shape index (κ3) is 7.27. The van der Waals surface area contributed by atoms with Crippen LogP contribution in [0.3, 0.4) is 0 Å². The number of aliphatic carboxylic acids is 1. The van der Waals surface area contributed by atoms with Crippen LogP contribution in [0.5, 0.6) is 5.75 Å². The summed E-state index contributed by atoms with van der Waals surface area (Å²) in [6.07, 6.45) is 2.61. The zero-order valence-corrected chi connectivity index (χ0v) is 28.9. The standard InChI is InChI=1S/C29H36N8O11S2/c1-28(2)23(25(40)37(28)48-50(43,44)45)33-24(39)22(19-14-49-27(31)32-19)34-47-29(3,26(41)42)21-8-6-16-9-15(5-7-20(16)46-21)17-11-35(4)36(12-17)13-18(38)10-30/h5,7,9,11-12,14,18,21,23,38H,6,8,10,13,30H2,1-4H3,(H4-,31,32,33,39,41,42,43,44,45)/b34-22-. The number of carbonyl (C=O) groups is 3. The first-order valence-electron chi connectivity index (χ1n) is 15.1. The number of oxime groups is 1. The van der Waals surface area contributed by atoms with Crippen LogP contribution in [0.4, 0.5) is 5.13 Å². The molecule has 5 rings (SSSR count). The quantitative estimate of drug-likeness (QED) is 0.0344. The average molecular weight is 737 g/mol. The van der Waals surface area contributed by atoms with Gasteiger partial charge in [-0.15, -0.1) is 16.0 Å². The highest BCUT2D eigenvalue weighted by atomic mass is 32.3. The molecule has 2 aliphatic heterocycles. The van der Waals surface area contributed by atoms with Crippen LogP contribution in [0.25, 0.3) is 11.1 Å². The number of aromatic nitrogens is 3. The molecule has 270 valence electrons. The normalized spacial score (nSPS) is 20.6. The highest BCUT2D eigenvalue weighted by Crippen LogP contribution is 2.37. The topological polar surface area (TPSA) is 278 Å². The maximum atomic E-state index is 13.5. The van der Waals surface area contributed by atoms with E-state index >= 15 is 0 Å². The Morgan fingerprint density at radius 1 is 1.36 bits per heavy atom. The number of aryl methyl sites for hydroxylation is 2. The second-order valence-electron chi connectivity index (χ2n) is 12.5. The molecule has 2 amide bonds. The minimum atomic E-state index is -5.28. The number of benzene rings is 1. The lowest BCUT2D eigenvalue weighted by atomic mass is 9.84.